The van der Waals surface area contributed by atoms with E-state index in [0.29, 0.717) is 8.95 Å². The van der Waals surface area contributed by atoms with E-state index in [0.717, 1.165) is 0 Å². The lowest BCUT2D eigenvalue weighted by atomic mass is 10.3. The summed E-state index contributed by atoms with van der Waals surface area (Å²) in [6.07, 6.45) is 0. The molecule has 1 aromatic carbocycles. The van der Waals surface area contributed by atoms with E-state index in [-0.39, 0.29) is 23.1 Å². The minimum atomic E-state index is -0.532. The monoisotopic (exact) mass is 369 g/mol. The van der Waals surface area contributed by atoms with Crippen LogP contribution in [0.15, 0.2) is 26.1 Å². The first-order valence-electron chi connectivity index (χ1n) is 3.98. The Bertz CT molecular complexity index is 465. The van der Waals surface area contributed by atoms with Gasteiger partial charge in [0.25, 0.3) is 5.69 Å². The molecule has 0 unspecified atom stereocenters. The average Bonchev–Trinajstić information content (AvgIpc) is 2.20. The highest BCUT2D eigenvalue weighted by molar-refractivity contribution is 9.11. The summed E-state index contributed by atoms with van der Waals surface area (Å²) in [5.41, 5.74) is 5.46. The molecule has 0 aliphatic carbocycles. The topological polar surface area (TPSA) is 81.5 Å². The van der Waals surface area contributed by atoms with Crippen LogP contribution in [0.4, 0.5) is 11.4 Å². The van der Waals surface area contributed by atoms with Gasteiger partial charge in [-0.1, -0.05) is 15.9 Å². The zero-order valence-corrected chi connectivity index (χ0v) is 11.7. The van der Waals surface area contributed by atoms with Crippen LogP contribution in [0.5, 0.6) is 0 Å². The fraction of sp³-hybridized carbons (Fsp3) is 0.125. The van der Waals surface area contributed by atoms with E-state index in [1.165, 1.54) is 6.07 Å². The first-order valence-corrected chi connectivity index (χ1v) is 6.10. The normalized spacial score (nSPS) is 11.6. The summed E-state index contributed by atoms with van der Waals surface area (Å²) in [6, 6.07) is 3.00. The standard InChI is InChI=1S/C8H6Br2ClN3O2/c9-4-1-5(10)8(13-7(12)3-11)6(2-4)14(15)16/h1-2H,3H2,(H2,12,13). The van der Waals surface area contributed by atoms with Crippen LogP contribution < -0.4 is 5.73 Å². The van der Waals surface area contributed by atoms with Crippen LogP contribution in [-0.4, -0.2) is 16.6 Å². The van der Waals surface area contributed by atoms with Crippen LogP contribution in [0.1, 0.15) is 0 Å². The van der Waals surface area contributed by atoms with Crippen molar-refractivity contribution in [3.8, 4) is 0 Å². The first-order chi connectivity index (χ1) is 7.45. The molecule has 0 aliphatic heterocycles. The number of rotatable bonds is 3. The fourth-order valence-corrected chi connectivity index (χ4v) is 2.33. The fourth-order valence-electron chi connectivity index (χ4n) is 0.976. The minimum absolute atomic E-state index is 0.0135. The maximum absolute atomic E-state index is 10.8. The van der Waals surface area contributed by atoms with E-state index in [9.17, 15) is 10.1 Å². The lowest BCUT2D eigenvalue weighted by molar-refractivity contribution is -0.384. The highest BCUT2D eigenvalue weighted by Gasteiger charge is 2.18. The van der Waals surface area contributed by atoms with Crippen molar-refractivity contribution in [2.75, 3.05) is 5.88 Å². The lowest BCUT2D eigenvalue weighted by Gasteiger charge is -2.02. The van der Waals surface area contributed by atoms with Gasteiger partial charge >= 0.3 is 0 Å². The highest BCUT2D eigenvalue weighted by Crippen LogP contribution is 2.38. The van der Waals surface area contributed by atoms with Gasteiger partial charge in [0.05, 0.1) is 15.3 Å². The summed E-state index contributed by atoms with van der Waals surface area (Å²) in [7, 11) is 0. The van der Waals surface area contributed by atoms with Crippen LogP contribution in [0.3, 0.4) is 0 Å². The van der Waals surface area contributed by atoms with E-state index < -0.39 is 4.92 Å². The number of aliphatic imine (C=N–C) groups is 1. The summed E-state index contributed by atoms with van der Waals surface area (Å²) in [4.78, 5) is 14.2. The van der Waals surface area contributed by atoms with E-state index in [1.54, 1.807) is 6.07 Å². The molecule has 0 spiro atoms. The van der Waals surface area contributed by atoms with Crippen molar-refractivity contribution >= 4 is 60.7 Å². The summed E-state index contributed by atoms with van der Waals surface area (Å²) in [5.74, 6) is 0.132. The predicted octanol–water partition coefficient (Wildman–Crippen LogP) is 3.35. The van der Waals surface area contributed by atoms with Crippen molar-refractivity contribution < 1.29 is 4.92 Å². The summed E-state index contributed by atoms with van der Waals surface area (Å²) in [5, 5.41) is 10.8. The molecule has 0 fully saturated rings. The van der Waals surface area contributed by atoms with Gasteiger partial charge in [-0.15, -0.1) is 11.6 Å². The zero-order chi connectivity index (χ0) is 12.3. The number of nitro groups is 1. The second kappa shape index (κ2) is 5.60. The molecule has 0 saturated carbocycles. The third kappa shape index (κ3) is 3.16. The molecule has 16 heavy (non-hydrogen) atoms. The van der Waals surface area contributed by atoms with Crippen molar-refractivity contribution in [1.29, 1.82) is 0 Å². The van der Waals surface area contributed by atoms with E-state index >= 15 is 0 Å². The Morgan fingerprint density at radius 1 is 1.56 bits per heavy atom. The summed E-state index contributed by atoms with van der Waals surface area (Å²) in [6.45, 7) is 0. The molecule has 1 aromatic rings. The van der Waals surface area contributed by atoms with Crippen molar-refractivity contribution in [3.05, 3.63) is 31.2 Å². The predicted molar refractivity (Wildman–Crippen MR) is 70.5 cm³/mol. The number of benzene rings is 1. The molecule has 0 amide bonds. The van der Waals surface area contributed by atoms with E-state index in [2.05, 4.69) is 36.9 Å². The molecule has 8 heteroatoms. The van der Waals surface area contributed by atoms with Crippen molar-refractivity contribution in [1.82, 2.24) is 0 Å². The maximum atomic E-state index is 10.8. The quantitative estimate of drug-likeness (QED) is 0.291. The average molecular weight is 371 g/mol. The molecule has 86 valence electrons. The molecule has 0 radical (unpaired) electrons. The maximum Gasteiger partial charge on any atom is 0.297 e. The Morgan fingerprint density at radius 2 is 2.19 bits per heavy atom. The van der Waals surface area contributed by atoms with Gasteiger partial charge in [0.2, 0.25) is 0 Å². The summed E-state index contributed by atoms with van der Waals surface area (Å²) < 4.78 is 1.05. The zero-order valence-electron chi connectivity index (χ0n) is 7.78. The van der Waals surface area contributed by atoms with Gasteiger partial charge in [-0.05, 0) is 22.0 Å². The third-order valence-corrected chi connectivity index (χ3v) is 2.93. The second-order valence-electron chi connectivity index (χ2n) is 2.75. The third-order valence-electron chi connectivity index (χ3n) is 1.60. The molecule has 0 atom stereocenters. The molecular formula is C8H6Br2ClN3O2. The largest absolute Gasteiger partial charge is 0.386 e. The van der Waals surface area contributed by atoms with Crippen molar-refractivity contribution in [2.24, 2.45) is 10.7 Å². The second-order valence-corrected chi connectivity index (χ2v) is 4.79. The Kier molecular flexibility index (Phi) is 4.69. The molecule has 2 N–H and O–H groups in total. The summed E-state index contributed by atoms with van der Waals surface area (Å²) >= 11 is 11.8. The van der Waals surface area contributed by atoms with Crippen LogP contribution in [-0.2, 0) is 0 Å². The number of amidine groups is 1. The highest BCUT2D eigenvalue weighted by atomic mass is 79.9. The van der Waals surface area contributed by atoms with E-state index in [4.69, 9.17) is 17.3 Å². The number of alkyl halides is 1. The minimum Gasteiger partial charge on any atom is -0.386 e. The van der Waals surface area contributed by atoms with Crippen LogP contribution in [0.2, 0.25) is 0 Å². The van der Waals surface area contributed by atoms with Crippen LogP contribution >= 0.6 is 43.5 Å². The Balaban J connectivity index is 3.41. The molecule has 5 nitrogen and oxygen atoms in total. The molecule has 1 rings (SSSR count). The molecule has 0 aromatic heterocycles. The molecule has 0 saturated heterocycles. The lowest BCUT2D eigenvalue weighted by Crippen LogP contribution is -2.12. The number of nitro benzene ring substituents is 1. The first kappa shape index (κ1) is 13.4. The molecule has 0 aliphatic rings. The number of halogens is 3. The van der Waals surface area contributed by atoms with Crippen LogP contribution in [0, 0.1) is 10.1 Å². The van der Waals surface area contributed by atoms with Gasteiger partial charge in [-0.3, -0.25) is 10.1 Å². The number of nitrogens with two attached hydrogens (primary N) is 1. The smallest absolute Gasteiger partial charge is 0.297 e. The molecule has 0 bridgehead atoms. The SMILES string of the molecule is NC(CCl)=Nc1c(Br)cc(Br)cc1[N+](=O)[O-]. The Hall–Kier alpha value is -0.660. The molecule has 0 heterocycles. The number of hydrogen-bond acceptors (Lipinski definition) is 3. The van der Waals surface area contributed by atoms with Gasteiger partial charge < -0.3 is 5.73 Å². The van der Waals surface area contributed by atoms with Crippen molar-refractivity contribution in [2.45, 2.75) is 0 Å². The molecular weight excluding hydrogens is 365 g/mol. The number of nitrogens with zero attached hydrogens (tertiary/aromatic N) is 2. The van der Waals surface area contributed by atoms with Crippen molar-refractivity contribution in [3.63, 3.8) is 0 Å². The van der Waals surface area contributed by atoms with Crippen LogP contribution in [0.25, 0.3) is 0 Å². The van der Waals surface area contributed by atoms with Gasteiger partial charge in [-0.2, -0.15) is 0 Å². The van der Waals surface area contributed by atoms with Gasteiger partial charge in [0.1, 0.15) is 5.84 Å². The van der Waals surface area contributed by atoms with Gasteiger partial charge in [0.15, 0.2) is 5.69 Å². The van der Waals surface area contributed by atoms with Gasteiger partial charge in [0, 0.05) is 10.5 Å². The van der Waals surface area contributed by atoms with E-state index in [1.807, 2.05) is 0 Å². The van der Waals surface area contributed by atoms with Gasteiger partial charge in [-0.25, -0.2) is 4.99 Å². The Morgan fingerprint density at radius 3 is 2.69 bits per heavy atom. The Labute approximate surface area is 113 Å². The number of hydrogen-bond donors (Lipinski definition) is 1.